The highest BCUT2D eigenvalue weighted by atomic mass is 32.2. The van der Waals surface area contributed by atoms with Crippen molar-refractivity contribution < 1.29 is 24.2 Å². The summed E-state index contributed by atoms with van der Waals surface area (Å²) in [5, 5.41) is 10.6. The van der Waals surface area contributed by atoms with Crippen LogP contribution in [0, 0.1) is 31.6 Å². The number of aliphatic hydroxyl groups excluding tert-OH is 1. The second-order valence-electron chi connectivity index (χ2n) is 11.6. The number of ether oxygens (including phenoxy) is 1. The lowest BCUT2D eigenvalue weighted by Gasteiger charge is -2.42. The number of aliphatic hydroxyl groups is 1. The Morgan fingerprint density at radius 1 is 1.20 bits per heavy atom. The van der Waals surface area contributed by atoms with Crippen LogP contribution in [0.1, 0.15) is 37.0 Å². The standard InChI is InChI=1S/C33H40N2O5S/c1-6-16-34(28-20(3)12-11-13-21(28)4)31(38)29-33-22(5)17-25(41-33)26(32(39)40-7-2)27(33)30(37)35(29)24(19-36)18-23-14-9-8-10-15-23/h6,8-15,22,24-27,29,36H,1,7,16-19H2,2-5H3/t22?,24-,25-,26+,27+,29?,33?/m1/s1. The van der Waals surface area contributed by atoms with Crippen molar-refractivity contribution in [2.75, 3.05) is 24.7 Å². The minimum Gasteiger partial charge on any atom is -0.466 e. The molecule has 3 unspecified atom stereocenters. The van der Waals surface area contributed by atoms with E-state index in [2.05, 4.69) is 13.5 Å². The SMILES string of the molecule is C=CCN(C(=O)C1N([C@@H](CO)Cc2ccccc2)C(=O)[C@@H]2[C@@H](C(=O)OCC)[C@H]3CC(C)C12S3)c1c(C)cccc1C. The second kappa shape index (κ2) is 11.6. The molecule has 1 spiro atoms. The molecule has 2 amide bonds. The largest absolute Gasteiger partial charge is 0.466 e. The van der Waals surface area contributed by atoms with E-state index >= 15 is 4.79 Å². The van der Waals surface area contributed by atoms with Crippen molar-refractivity contribution in [3.8, 4) is 0 Å². The first-order chi connectivity index (χ1) is 19.7. The number of likely N-dealkylation sites (tertiary alicyclic amines) is 1. The molecular weight excluding hydrogens is 536 g/mol. The predicted octanol–water partition coefficient (Wildman–Crippen LogP) is 4.33. The number of hydrogen-bond donors (Lipinski definition) is 1. The molecule has 3 heterocycles. The number of rotatable bonds is 10. The third-order valence-corrected chi connectivity index (χ3v) is 11.3. The summed E-state index contributed by atoms with van der Waals surface area (Å²) in [5.74, 6) is -2.11. The number of amides is 2. The van der Waals surface area contributed by atoms with Gasteiger partial charge in [0.05, 0.1) is 35.8 Å². The number of aryl methyl sites for hydroxylation is 2. The Bertz CT molecular complexity index is 1310. The molecule has 0 saturated carbocycles. The predicted molar refractivity (Wildman–Crippen MR) is 162 cm³/mol. The summed E-state index contributed by atoms with van der Waals surface area (Å²) in [6.07, 6.45) is 2.83. The Labute approximate surface area is 246 Å². The third-order valence-electron chi connectivity index (χ3n) is 9.18. The number of nitrogens with zero attached hydrogens (tertiary/aromatic N) is 2. The van der Waals surface area contributed by atoms with E-state index in [9.17, 15) is 14.7 Å². The van der Waals surface area contributed by atoms with Crippen LogP contribution in [0.4, 0.5) is 5.69 Å². The van der Waals surface area contributed by atoms with E-state index in [0.29, 0.717) is 6.42 Å². The summed E-state index contributed by atoms with van der Waals surface area (Å²) in [6.45, 7) is 12.0. The van der Waals surface area contributed by atoms with Gasteiger partial charge >= 0.3 is 5.97 Å². The zero-order valence-electron chi connectivity index (χ0n) is 24.3. The minimum absolute atomic E-state index is 0.00990. The van der Waals surface area contributed by atoms with Crippen LogP contribution in [0.2, 0.25) is 0 Å². The Morgan fingerprint density at radius 2 is 1.88 bits per heavy atom. The van der Waals surface area contributed by atoms with Crippen molar-refractivity contribution in [3.63, 3.8) is 0 Å². The average molecular weight is 577 g/mol. The fourth-order valence-electron chi connectivity index (χ4n) is 7.58. The molecule has 3 fully saturated rings. The van der Waals surface area contributed by atoms with Gasteiger partial charge in [-0.1, -0.05) is 61.5 Å². The number of fused-ring (bicyclic) bond motifs is 1. The van der Waals surface area contributed by atoms with Crippen LogP contribution < -0.4 is 4.90 Å². The second-order valence-corrected chi connectivity index (χ2v) is 13.1. The fraction of sp³-hybridized carbons (Fsp3) is 0.485. The zero-order chi connectivity index (χ0) is 29.5. The number of esters is 1. The van der Waals surface area contributed by atoms with Crippen molar-refractivity contribution in [1.29, 1.82) is 0 Å². The number of carbonyl (C=O) groups excluding carboxylic acids is 3. The van der Waals surface area contributed by atoms with E-state index in [4.69, 9.17) is 4.74 Å². The maximum atomic E-state index is 15.0. The molecule has 3 saturated heterocycles. The molecule has 2 bridgehead atoms. The quantitative estimate of drug-likeness (QED) is 0.335. The molecule has 41 heavy (non-hydrogen) atoms. The van der Waals surface area contributed by atoms with Crippen molar-refractivity contribution in [2.45, 2.75) is 62.6 Å². The van der Waals surface area contributed by atoms with Gasteiger partial charge in [-0.15, -0.1) is 18.3 Å². The van der Waals surface area contributed by atoms with E-state index in [1.54, 1.807) is 34.6 Å². The van der Waals surface area contributed by atoms with Gasteiger partial charge in [0.2, 0.25) is 5.91 Å². The van der Waals surface area contributed by atoms with Gasteiger partial charge in [-0.25, -0.2) is 0 Å². The first-order valence-electron chi connectivity index (χ1n) is 14.5. The lowest BCUT2D eigenvalue weighted by molar-refractivity contribution is -0.154. The highest BCUT2D eigenvalue weighted by molar-refractivity contribution is 8.02. The number of anilines is 1. The molecule has 5 rings (SSSR count). The number of benzene rings is 2. The monoisotopic (exact) mass is 576 g/mol. The minimum atomic E-state index is -0.857. The number of hydrogen-bond acceptors (Lipinski definition) is 6. The third kappa shape index (κ3) is 4.69. The zero-order valence-corrected chi connectivity index (χ0v) is 25.1. The molecule has 7 atom stereocenters. The van der Waals surface area contributed by atoms with Gasteiger partial charge in [-0.05, 0) is 56.2 Å². The normalized spacial score (nSPS) is 28.9. The highest BCUT2D eigenvalue weighted by Crippen LogP contribution is 2.69. The van der Waals surface area contributed by atoms with Crippen LogP contribution in [0.5, 0.6) is 0 Å². The number of para-hydroxylation sites is 1. The van der Waals surface area contributed by atoms with Crippen LogP contribution in [-0.4, -0.2) is 69.6 Å². The van der Waals surface area contributed by atoms with Gasteiger partial charge in [0.1, 0.15) is 6.04 Å². The molecule has 1 N–H and O–H groups in total. The van der Waals surface area contributed by atoms with Crippen molar-refractivity contribution in [1.82, 2.24) is 4.90 Å². The maximum Gasteiger partial charge on any atom is 0.310 e. The van der Waals surface area contributed by atoms with Gasteiger partial charge in [0, 0.05) is 17.5 Å². The van der Waals surface area contributed by atoms with E-state index in [0.717, 1.165) is 28.8 Å². The first-order valence-corrected chi connectivity index (χ1v) is 15.4. The molecule has 3 aliphatic rings. The lowest BCUT2D eigenvalue weighted by atomic mass is 9.66. The Kier molecular flexibility index (Phi) is 8.35. The number of thioether (sulfide) groups is 1. The first kappa shape index (κ1) is 29.4. The van der Waals surface area contributed by atoms with Gasteiger partial charge in [-0.3, -0.25) is 14.4 Å². The summed E-state index contributed by atoms with van der Waals surface area (Å²) in [7, 11) is 0. The topological polar surface area (TPSA) is 87.2 Å². The molecule has 0 aromatic heterocycles. The summed E-state index contributed by atoms with van der Waals surface area (Å²) in [6, 6.07) is 14.1. The van der Waals surface area contributed by atoms with Gasteiger partial charge in [0.25, 0.3) is 5.91 Å². The lowest BCUT2D eigenvalue weighted by Crippen LogP contribution is -2.59. The summed E-state index contributed by atoms with van der Waals surface area (Å²) < 4.78 is 4.68. The molecule has 8 heteroatoms. The molecule has 0 radical (unpaired) electrons. The number of carbonyl (C=O) groups is 3. The van der Waals surface area contributed by atoms with Gasteiger partial charge in [-0.2, -0.15) is 0 Å². The van der Waals surface area contributed by atoms with Crippen LogP contribution in [0.15, 0.2) is 61.2 Å². The highest BCUT2D eigenvalue weighted by Gasteiger charge is 2.77. The average Bonchev–Trinajstić information content (AvgIpc) is 3.55. The van der Waals surface area contributed by atoms with E-state index in [1.165, 1.54) is 0 Å². The fourth-order valence-corrected chi connectivity index (χ4v) is 9.97. The molecule has 218 valence electrons. The Hall–Kier alpha value is -3.10. The van der Waals surface area contributed by atoms with E-state index in [1.807, 2.05) is 62.4 Å². The van der Waals surface area contributed by atoms with Gasteiger partial charge in [0.15, 0.2) is 0 Å². The summed E-state index contributed by atoms with van der Waals surface area (Å²) in [4.78, 5) is 46.3. The smallest absolute Gasteiger partial charge is 0.310 e. The summed E-state index contributed by atoms with van der Waals surface area (Å²) in [5.41, 5.74) is 3.67. The van der Waals surface area contributed by atoms with Crippen molar-refractivity contribution in [3.05, 3.63) is 77.9 Å². The van der Waals surface area contributed by atoms with Gasteiger partial charge < -0.3 is 19.6 Å². The van der Waals surface area contributed by atoms with Crippen LogP contribution in [-0.2, 0) is 25.5 Å². The molecule has 7 nitrogen and oxygen atoms in total. The Balaban J connectivity index is 1.66. The van der Waals surface area contributed by atoms with Crippen LogP contribution in [0.25, 0.3) is 0 Å². The van der Waals surface area contributed by atoms with Crippen LogP contribution >= 0.6 is 11.8 Å². The van der Waals surface area contributed by atoms with Crippen molar-refractivity contribution in [2.24, 2.45) is 17.8 Å². The van der Waals surface area contributed by atoms with E-state index in [-0.39, 0.29) is 48.7 Å². The Morgan fingerprint density at radius 3 is 2.49 bits per heavy atom. The summed E-state index contributed by atoms with van der Waals surface area (Å²) >= 11 is 1.62. The van der Waals surface area contributed by atoms with Crippen LogP contribution in [0.3, 0.4) is 0 Å². The van der Waals surface area contributed by atoms with E-state index < -0.39 is 28.7 Å². The molecule has 0 aliphatic carbocycles. The molecular formula is C33H40N2O5S. The molecule has 2 aromatic rings. The molecule has 2 aromatic carbocycles. The maximum absolute atomic E-state index is 15.0. The molecule has 3 aliphatic heterocycles. The van der Waals surface area contributed by atoms with Crippen molar-refractivity contribution >= 4 is 35.2 Å².